The van der Waals surface area contributed by atoms with Crippen LogP contribution in [0.15, 0.2) is 23.1 Å². The van der Waals surface area contributed by atoms with Crippen molar-refractivity contribution in [2.75, 3.05) is 11.0 Å². The minimum atomic E-state index is 0.0521. The molecule has 0 fully saturated rings. The Balaban J connectivity index is 2.85. The number of aliphatic hydroxyl groups excluding tert-OH is 1. The van der Waals surface area contributed by atoms with E-state index >= 15 is 0 Å². The third kappa shape index (κ3) is 5.21. The summed E-state index contributed by atoms with van der Waals surface area (Å²) in [5.74, 6) is 0. The lowest BCUT2D eigenvalue weighted by atomic mass is 10.1. The average molecular weight is 272 g/mol. The molecule has 0 aliphatic rings. The molecule has 17 heavy (non-hydrogen) atoms. The minimum Gasteiger partial charge on any atom is -0.392 e. The highest BCUT2D eigenvalue weighted by molar-refractivity contribution is 8.00. The predicted molar refractivity (Wildman–Crippen MR) is 78.2 cm³/mol. The van der Waals surface area contributed by atoms with Gasteiger partial charge in [0.25, 0.3) is 0 Å². The third-order valence-corrected chi connectivity index (χ3v) is 3.60. The van der Waals surface area contributed by atoms with Gasteiger partial charge in [-0.1, -0.05) is 18.0 Å². The zero-order valence-corrected chi connectivity index (χ0v) is 12.3. The van der Waals surface area contributed by atoms with Crippen LogP contribution in [-0.2, 0) is 6.61 Å². The van der Waals surface area contributed by atoms with Gasteiger partial charge in [0.05, 0.1) is 12.3 Å². The standard InChI is InChI=1S/C12H20N2OS2/c1-12(2,3)14-17-11-7-9(8-15)5-6-10(11)13-16-4/h5-7,13-15H,8H2,1-4H3. The highest BCUT2D eigenvalue weighted by Gasteiger charge is 2.11. The lowest BCUT2D eigenvalue weighted by Gasteiger charge is -2.21. The maximum atomic E-state index is 9.16. The van der Waals surface area contributed by atoms with Crippen molar-refractivity contribution in [3.63, 3.8) is 0 Å². The van der Waals surface area contributed by atoms with E-state index < -0.39 is 0 Å². The largest absolute Gasteiger partial charge is 0.392 e. The first-order valence-corrected chi connectivity index (χ1v) is 7.47. The van der Waals surface area contributed by atoms with E-state index in [2.05, 4.69) is 30.2 Å². The van der Waals surface area contributed by atoms with Crippen LogP contribution in [0.3, 0.4) is 0 Å². The number of hydrogen-bond donors (Lipinski definition) is 3. The Hall–Kier alpha value is -0.360. The van der Waals surface area contributed by atoms with Crippen molar-refractivity contribution in [1.82, 2.24) is 4.72 Å². The van der Waals surface area contributed by atoms with Crippen molar-refractivity contribution in [3.8, 4) is 0 Å². The average Bonchev–Trinajstić information content (AvgIpc) is 2.27. The molecule has 96 valence electrons. The molecule has 0 saturated carbocycles. The molecule has 3 N–H and O–H groups in total. The lowest BCUT2D eigenvalue weighted by molar-refractivity contribution is 0.281. The highest BCUT2D eigenvalue weighted by atomic mass is 32.2. The minimum absolute atomic E-state index is 0.0521. The van der Waals surface area contributed by atoms with Crippen LogP contribution in [0.1, 0.15) is 26.3 Å². The number of anilines is 1. The van der Waals surface area contributed by atoms with Crippen LogP contribution in [0.25, 0.3) is 0 Å². The van der Waals surface area contributed by atoms with Gasteiger partial charge in [0.15, 0.2) is 0 Å². The fourth-order valence-corrected chi connectivity index (χ4v) is 2.47. The molecular formula is C12H20N2OS2. The smallest absolute Gasteiger partial charge is 0.0682 e. The van der Waals surface area contributed by atoms with Crippen molar-refractivity contribution >= 4 is 29.6 Å². The van der Waals surface area contributed by atoms with Gasteiger partial charge in [0.2, 0.25) is 0 Å². The van der Waals surface area contributed by atoms with Crippen LogP contribution in [0.2, 0.25) is 0 Å². The van der Waals surface area contributed by atoms with E-state index in [1.807, 2.05) is 24.5 Å². The summed E-state index contributed by atoms with van der Waals surface area (Å²) >= 11 is 3.15. The quantitative estimate of drug-likeness (QED) is 0.718. The van der Waals surface area contributed by atoms with Crippen molar-refractivity contribution in [2.24, 2.45) is 0 Å². The predicted octanol–water partition coefficient (Wildman–Crippen LogP) is 3.26. The summed E-state index contributed by atoms with van der Waals surface area (Å²) in [5.41, 5.74) is 2.04. The number of rotatable bonds is 5. The summed E-state index contributed by atoms with van der Waals surface area (Å²) in [4.78, 5) is 1.10. The fraction of sp³-hybridized carbons (Fsp3) is 0.500. The maximum Gasteiger partial charge on any atom is 0.0682 e. The first kappa shape index (κ1) is 14.7. The number of benzene rings is 1. The molecule has 0 heterocycles. The van der Waals surface area contributed by atoms with Crippen molar-refractivity contribution in [1.29, 1.82) is 0 Å². The van der Waals surface area contributed by atoms with Crippen LogP contribution >= 0.6 is 23.9 Å². The normalized spacial score (nSPS) is 11.6. The van der Waals surface area contributed by atoms with E-state index in [0.29, 0.717) is 0 Å². The van der Waals surface area contributed by atoms with Crippen LogP contribution in [0.5, 0.6) is 0 Å². The molecule has 0 aliphatic heterocycles. The topological polar surface area (TPSA) is 44.3 Å². The van der Waals surface area contributed by atoms with Gasteiger partial charge in [-0.15, -0.1) is 0 Å². The molecule has 0 spiro atoms. The summed E-state index contributed by atoms with van der Waals surface area (Å²) in [5, 5.41) is 9.16. The first-order chi connectivity index (χ1) is 7.96. The van der Waals surface area contributed by atoms with Gasteiger partial charge in [-0.25, -0.2) is 0 Å². The van der Waals surface area contributed by atoms with Gasteiger partial charge in [0.1, 0.15) is 0 Å². The Morgan fingerprint density at radius 3 is 2.53 bits per heavy atom. The second-order valence-corrected chi connectivity index (χ2v) is 6.21. The van der Waals surface area contributed by atoms with Crippen LogP contribution in [-0.4, -0.2) is 16.9 Å². The van der Waals surface area contributed by atoms with Crippen LogP contribution < -0.4 is 9.44 Å². The molecular weight excluding hydrogens is 252 g/mol. The molecule has 3 nitrogen and oxygen atoms in total. The first-order valence-electron chi connectivity index (χ1n) is 5.43. The van der Waals surface area contributed by atoms with Crippen molar-refractivity contribution < 1.29 is 5.11 Å². The monoisotopic (exact) mass is 272 g/mol. The summed E-state index contributed by atoms with van der Waals surface area (Å²) in [6.07, 6.45) is 1.99. The molecule has 0 amide bonds. The molecule has 5 heteroatoms. The lowest BCUT2D eigenvalue weighted by Crippen LogP contribution is -2.29. The van der Waals surface area contributed by atoms with E-state index in [1.165, 1.54) is 0 Å². The SMILES string of the molecule is CSNc1ccc(CO)cc1SNC(C)(C)C. The summed E-state index contributed by atoms with van der Waals surface area (Å²) in [6.45, 7) is 6.44. The van der Waals surface area contributed by atoms with E-state index in [0.717, 1.165) is 16.1 Å². The second-order valence-electron chi connectivity index (χ2n) is 4.75. The molecule has 1 aromatic carbocycles. The molecule has 0 bridgehead atoms. The molecule has 0 saturated heterocycles. The van der Waals surface area contributed by atoms with Gasteiger partial charge >= 0.3 is 0 Å². The van der Waals surface area contributed by atoms with Gasteiger partial charge in [-0.3, -0.25) is 4.72 Å². The van der Waals surface area contributed by atoms with Gasteiger partial charge < -0.3 is 9.83 Å². The molecule has 0 radical (unpaired) electrons. The highest BCUT2D eigenvalue weighted by Crippen LogP contribution is 2.29. The zero-order valence-electron chi connectivity index (χ0n) is 10.7. The summed E-state index contributed by atoms with van der Waals surface area (Å²) in [7, 11) is 0. The van der Waals surface area contributed by atoms with Crippen LogP contribution in [0, 0.1) is 0 Å². The number of hydrogen-bond acceptors (Lipinski definition) is 5. The molecule has 0 atom stereocenters. The van der Waals surface area contributed by atoms with Crippen LogP contribution in [0.4, 0.5) is 5.69 Å². The van der Waals surface area contributed by atoms with Crippen molar-refractivity contribution in [3.05, 3.63) is 23.8 Å². The van der Waals surface area contributed by atoms with E-state index in [1.54, 1.807) is 23.9 Å². The Morgan fingerprint density at radius 2 is 2.00 bits per heavy atom. The number of aliphatic hydroxyl groups is 1. The Bertz CT molecular complexity index is 364. The second kappa shape index (κ2) is 6.54. The van der Waals surface area contributed by atoms with E-state index in [4.69, 9.17) is 5.11 Å². The van der Waals surface area contributed by atoms with Gasteiger partial charge in [-0.2, -0.15) is 0 Å². The molecule has 1 rings (SSSR count). The third-order valence-electron chi connectivity index (χ3n) is 1.91. The van der Waals surface area contributed by atoms with E-state index in [-0.39, 0.29) is 12.1 Å². The van der Waals surface area contributed by atoms with Crippen molar-refractivity contribution in [2.45, 2.75) is 37.8 Å². The van der Waals surface area contributed by atoms with Gasteiger partial charge in [0, 0.05) is 16.7 Å². The zero-order chi connectivity index (χ0) is 12.9. The maximum absolute atomic E-state index is 9.16. The molecule has 0 aromatic heterocycles. The van der Waals surface area contributed by atoms with Gasteiger partial charge in [-0.05, 0) is 50.4 Å². The molecule has 0 unspecified atom stereocenters. The van der Waals surface area contributed by atoms with E-state index in [9.17, 15) is 0 Å². The molecule has 0 aliphatic carbocycles. The summed E-state index contributed by atoms with van der Waals surface area (Å²) < 4.78 is 6.61. The Morgan fingerprint density at radius 1 is 1.29 bits per heavy atom. The Labute approximate surface area is 112 Å². The molecule has 1 aromatic rings. The summed E-state index contributed by atoms with van der Waals surface area (Å²) in [6, 6.07) is 5.93. The Kier molecular flexibility index (Phi) is 5.66. The fourth-order valence-electron chi connectivity index (χ4n) is 1.15. The number of nitrogens with one attached hydrogen (secondary N) is 2.